The Morgan fingerprint density at radius 1 is 1.30 bits per heavy atom. The molecule has 0 spiro atoms. The van der Waals surface area contributed by atoms with E-state index in [2.05, 4.69) is 10.1 Å². The zero-order chi connectivity index (χ0) is 14.3. The molecule has 0 amide bonds. The molecule has 1 aromatic heterocycles. The highest BCUT2D eigenvalue weighted by atomic mass is 32.2. The summed E-state index contributed by atoms with van der Waals surface area (Å²) in [4.78, 5) is 15.3. The number of sulfone groups is 1. The van der Waals surface area contributed by atoms with Gasteiger partial charge in [0.05, 0.1) is 11.7 Å². The molecule has 7 nitrogen and oxygen atoms in total. The molecule has 1 fully saturated rings. The molecule has 0 saturated carbocycles. The van der Waals surface area contributed by atoms with Crippen LogP contribution in [-0.2, 0) is 27.6 Å². The van der Waals surface area contributed by atoms with Gasteiger partial charge in [-0.15, -0.1) is 0 Å². The fraction of sp³-hybridized carbons (Fsp3) is 0.750. The first-order valence-corrected chi connectivity index (χ1v) is 8.57. The van der Waals surface area contributed by atoms with Crippen LogP contribution < -0.4 is 0 Å². The van der Waals surface area contributed by atoms with Crippen LogP contribution in [0.1, 0.15) is 42.6 Å². The summed E-state index contributed by atoms with van der Waals surface area (Å²) in [6.45, 7) is 0.492. The number of carbonyl (C=O) groups is 1. The average molecular weight is 299 g/mol. The van der Waals surface area contributed by atoms with Gasteiger partial charge in [0.1, 0.15) is 11.1 Å². The van der Waals surface area contributed by atoms with Gasteiger partial charge in [-0.05, 0) is 19.3 Å². The first kappa shape index (κ1) is 13.5. The van der Waals surface area contributed by atoms with Crippen LogP contribution in [0.4, 0.5) is 0 Å². The standard InChI is InChI=1S/C12H17N3O4S/c16-12(17)8-4-5-15-10(7-8)13-11(14-15)9-3-1-2-6-20(9,18)19/h8-9H,1-7H2,(H,16,17). The van der Waals surface area contributed by atoms with Crippen molar-refractivity contribution >= 4 is 15.8 Å². The van der Waals surface area contributed by atoms with Crippen molar-refractivity contribution in [2.45, 2.75) is 43.9 Å². The van der Waals surface area contributed by atoms with Gasteiger partial charge >= 0.3 is 5.97 Å². The maximum Gasteiger partial charge on any atom is 0.307 e. The van der Waals surface area contributed by atoms with Crippen LogP contribution in [0.2, 0.25) is 0 Å². The second kappa shape index (κ2) is 4.83. The van der Waals surface area contributed by atoms with Gasteiger partial charge in [-0.1, -0.05) is 6.42 Å². The molecule has 3 heterocycles. The highest BCUT2D eigenvalue weighted by Crippen LogP contribution is 2.32. The second-order valence-corrected chi connectivity index (χ2v) is 7.79. The molecule has 0 radical (unpaired) electrons. The van der Waals surface area contributed by atoms with Crippen LogP contribution in [0, 0.1) is 5.92 Å². The lowest BCUT2D eigenvalue weighted by Gasteiger charge is -2.19. The van der Waals surface area contributed by atoms with Gasteiger partial charge in [0, 0.05) is 13.0 Å². The first-order chi connectivity index (χ1) is 9.47. The van der Waals surface area contributed by atoms with Gasteiger partial charge in [-0.3, -0.25) is 4.79 Å². The van der Waals surface area contributed by atoms with E-state index in [0.29, 0.717) is 43.9 Å². The minimum absolute atomic E-state index is 0.194. The van der Waals surface area contributed by atoms with Crippen molar-refractivity contribution in [3.63, 3.8) is 0 Å². The number of aryl methyl sites for hydroxylation is 1. The summed E-state index contributed by atoms with van der Waals surface area (Å²) in [5, 5.41) is 12.7. The Labute approximate surface area is 116 Å². The maximum atomic E-state index is 12.1. The van der Waals surface area contributed by atoms with Crippen molar-refractivity contribution in [1.29, 1.82) is 0 Å². The summed E-state index contributed by atoms with van der Waals surface area (Å²) < 4.78 is 25.8. The number of aliphatic carboxylic acids is 1. The number of carboxylic acid groups (broad SMARTS) is 1. The van der Waals surface area contributed by atoms with E-state index in [1.54, 1.807) is 4.68 Å². The summed E-state index contributed by atoms with van der Waals surface area (Å²) in [6.07, 6.45) is 2.98. The predicted molar refractivity (Wildman–Crippen MR) is 69.8 cm³/mol. The van der Waals surface area contributed by atoms with Gasteiger partial charge in [-0.25, -0.2) is 18.1 Å². The smallest absolute Gasteiger partial charge is 0.307 e. The molecule has 0 aliphatic carbocycles. The predicted octanol–water partition coefficient (Wildman–Crippen LogP) is 0.565. The molecule has 1 aromatic rings. The fourth-order valence-electron chi connectivity index (χ4n) is 2.92. The van der Waals surface area contributed by atoms with Crippen molar-refractivity contribution in [3.8, 4) is 0 Å². The Bertz CT molecular complexity index is 637. The zero-order valence-electron chi connectivity index (χ0n) is 11.0. The van der Waals surface area contributed by atoms with E-state index >= 15 is 0 Å². The number of hydrogen-bond donors (Lipinski definition) is 1. The molecular formula is C12H17N3O4S. The van der Waals surface area contributed by atoms with E-state index in [1.807, 2.05) is 0 Å². The molecule has 3 rings (SSSR count). The second-order valence-electron chi connectivity index (χ2n) is 5.49. The van der Waals surface area contributed by atoms with Crippen LogP contribution in [0.15, 0.2) is 0 Å². The largest absolute Gasteiger partial charge is 0.481 e. The van der Waals surface area contributed by atoms with Crippen LogP contribution in [0.25, 0.3) is 0 Å². The highest BCUT2D eigenvalue weighted by molar-refractivity contribution is 7.91. The maximum absolute atomic E-state index is 12.1. The lowest BCUT2D eigenvalue weighted by molar-refractivity contribution is -0.142. The van der Waals surface area contributed by atoms with Crippen LogP contribution in [0.5, 0.6) is 0 Å². The summed E-state index contributed by atoms with van der Waals surface area (Å²) in [5.41, 5.74) is 0. The monoisotopic (exact) mass is 299 g/mol. The molecular weight excluding hydrogens is 282 g/mol. The van der Waals surface area contributed by atoms with Crippen molar-refractivity contribution in [3.05, 3.63) is 11.6 Å². The third-order valence-electron chi connectivity index (χ3n) is 4.10. The molecule has 8 heteroatoms. The van der Waals surface area contributed by atoms with Crippen LogP contribution >= 0.6 is 0 Å². The molecule has 110 valence electrons. The Kier molecular flexibility index (Phi) is 3.27. The SMILES string of the molecule is O=C(O)C1CCn2nc(C3CCCCS3(=O)=O)nc2C1. The third-order valence-corrected chi connectivity index (χ3v) is 6.27. The number of aromatic nitrogens is 3. The number of hydrogen-bond acceptors (Lipinski definition) is 5. The molecule has 0 aromatic carbocycles. The van der Waals surface area contributed by atoms with Crippen LogP contribution in [0.3, 0.4) is 0 Å². The van der Waals surface area contributed by atoms with Gasteiger partial charge in [0.25, 0.3) is 0 Å². The van der Waals surface area contributed by atoms with Gasteiger partial charge < -0.3 is 5.11 Å². The van der Waals surface area contributed by atoms with Gasteiger partial charge in [-0.2, -0.15) is 5.10 Å². The number of nitrogens with zero attached hydrogens (tertiary/aromatic N) is 3. The zero-order valence-corrected chi connectivity index (χ0v) is 11.8. The van der Waals surface area contributed by atoms with Crippen molar-refractivity contribution in [1.82, 2.24) is 14.8 Å². The Balaban J connectivity index is 1.89. The lowest BCUT2D eigenvalue weighted by Crippen LogP contribution is -2.26. The minimum atomic E-state index is -3.16. The lowest BCUT2D eigenvalue weighted by atomic mass is 9.98. The topological polar surface area (TPSA) is 102 Å². The number of carboxylic acids is 1. The van der Waals surface area contributed by atoms with E-state index in [1.165, 1.54) is 0 Å². The van der Waals surface area contributed by atoms with Crippen molar-refractivity contribution in [2.24, 2.45) is 5.92 Å². The first-order valence-electron chi connectivity index (χ1n) is 6.85. The van der Waals surface area contributed by atoms with Crippen molar-refractivity contribution < 1.29 is 18.3 Å². The Hall–Kier alpha value is -1.44. The third kappa shape index (κ3) is 2.32. The fourth-order valence-corrected chi connectivity index (χ4v) is 4.75. The summed E-state index contributed by atoms with van der Waals surface area (Å²) in [7, 11) is -3.16. The molecule has 1 saturated heterocycles. The quantitative estimate of drug-likeness (QED) is 0.856. The van der Waals surface area contributed by atoms with Gasteiger partial charge in [0.15, 0.2) is 15.7 Å². The normalized spacial score (nSPS) is 28.8. The number of rotatable bonds is 2. The molecule has 2 aliphatic rings. The average Bonchev–Trinajstić information content (AvgIpc) is 2.80. The van der Waals surface area contributed by atoms with E-state index in [4.69, 9.17) is 5.11 Å². The summed E-state index contributed by atoms with van der Waals surface area (Å²) >= 11 is 0. The Morgan fingerprint density at radius 3 is 2.80 bits per heavy atom. The van der Waals surface area contributed by atoms with E-state index in [-0.39, 0.29) is 5.75 Å². The molecule has 2 aliphatic heterocycles. The number of fused-ring (bicyclic) bond motifs is 1. The molecule has 20 heavy (non-hydrogen) atoms. The van der Waals surface area contributed by atoms with E-state index in [0.717, 1.165) is 6.42 Å². The molecule has 1 N–H and O–H groups in total. The van der Waals surface area contributed by atoms with Crippen molar-refractivity contribution in [2.75, 3.05) is 5.75 Å². The van der Waals surface area contributed by atoms with Crippen LogP contribution in [-0.4, -0.2) is 40.0 Å². The molecule has 2 atom stereocenters. The van der Waals surface area contributed by atoms with E-state index < -0.39 is 27.0 Å². The molecule has 0 bridgehead atoms. The summed E-state index contributed by atoms with van der Waals surface area (Å²) in [6, 6.07) is 0. The van der Waals surface area contributed by atoms with Gasteiger partial charge in [0.2, 0.25) is 0 Å². The highest BCUT2D eigenvalue weighted by Gasteiger charge is 2.35. The summed E-state index contributed by atoms with van der Waals surface area (Å²) in [5.74, 6) is -0.127. The molecule has 2 unspecified atom stereocenters. The minimum Gasteiger partial charge on any atom is -0.481 e. The Morgan fingerprint density at radius 2 is 2.10 bits per heavy atom. The van der Waals surface area contributed by atoms with E-state index in [9.17, 15) is 13.2 Å².